The third kappa shape index (κ3) is 1.52. The first-order chi connectivity index (χ1) is 8.53. The van der Waals surface area contributed by atoms with E-state index in [0.29, 0.717) is 6.42 Å². The van der Waals surface area contributed by atoms with Crippen LogP contribution in [0.25, 0.3) is 0 Å². The minimum atomic E-state index is -0.767. The summed E-state index contributed by atoms with van der Waals surface area (Å²) in [5.41, 5.74) is 2.77. The van der Waals surface area contributed by atoms with Crippen LogP contribution in [-0.2, 0) is 21.4 Å². The summed E-state index contributed by atoms with van der Waals surface area (Å²) in [4.78, 5) is 24.4. The minimum Gasteiger partial charge on any atom is -0.481 e. The highest BCUT2D eigenvalue weighted by Crippen LogP contribution is 2.55. The number of carboxylic acids is 1. The van der Waals surface area contributed by atoms with Crippen molar-refractivity contribution in [2.24, 2.45) is 0 Å². The average molecular weight is 245 g/mol. The second-order valence-electron chi connectivity index (χ2n) is 5.29. The molecule has 0 spiro atoms. The molecule has 94 valence electrons. The van der Waals surface area contributed by atoms with Gasteiger partial charge in [0.05, 0.1) is 18.5 Å². The van der Waals surface area contributed by atoms with E-state index in [2.05, 4.69) is 0 Å². The summed E-state index contributed by atoms with van der Waals surface area (Å²) in [6.07, 6.45) is 2.39. The number of hydrogen-bond acceptors (Lipinski definition) is 2. The van der Waals surface area contributed by atoms with Crippen molar-refractivity contribution in [1.82, 2.24) is 0 Å². The molecular weight excluding hydrogens is 230 g/mol. The van der Waals surface area contributed by atoms with Gasteiger partial charge in [0, 0.05) is 12.5 Å². The number of nitrogens with zero attached hydrogens (tertiary/aromatic N) is 1. The first-order valence-electron chi connectivity index (χ1n) is 6.14. The number of anilines is 1. The number of para-hydroxylation sites is 1. The van der Waals surface area contributed by atoms with Gasteiger partial charge in [0.25, 0.3) is 0 Å². The Labute approximate surface area is 105 Å². The van der Waals surface area contributed by atoms with Crippen LogP contribution in [0.15, 0.2) is 18.2 Å². The number of hydrogen-bond donors (Lipinski definition) is 1. The maximum absolute atomic E-state index is 11.8. The van der Waals surface area contributed by atoms with Crippen LogP contribution in [0, 0.1) is 0 Å². The number of fused-ring (bicyclic) bond motifs is 1. The van der Waals surface area contributed by atoms with Crippen LogP contribution >= 0.6 is 0 Å². The van der Waals surface area contributed by atoms with E-state index in [1.54, 1.807) is 11.9 Å². The molecule has 1 aliphatic carbocycles. The van der Waals surface area contributed by atoms with Crippen molar-refractivity contribution in [2.75, 3.05) is 11.9 Å². The molecule has 0 saturated heterocycles. The highest BCUT2D eigenvalue weighted by molar-refractivity contribution is 6.02. The van der Waals surface area contributed by atoms with Crippen LogP contribution in [0.5, 0.6) is 0 Å². The molecule has 1 aromatic carbocycles. The number of aliphatic carboxylic acids is 1. The summed E-state index contributed by atoms with van der Waals surface area (Å²) in [5.74, 6) is -0.680. The van der Waals surface area contributed by atoms with Gasteiger partial charge in [-0.3, -0.25) is 9.59 Å². The molecule has 1 heterocycles. The van der Waals surface area contributed by atoms with Crippen molar-refractivity contribution >= 4 is 17.6 Å². The van der Waals surface area contributed by atoms with E-state index < -0.39 is 5.97 Å². The lowest BCUT2D eigenvalue weighted by atomic mass is 9.89. The third-order valence-corrected chi connectivity index (χ3v) is 4.09. The number of amides is 1. The maximum Gasteiger partial charge on any atom is 0.304 e. The van der Waals surface area contributed by atoms with Crippen LogP contribution in [-0.4, -0.2) is 24.0 Å². The number of benzene rings is 1. The predicted octanol–water partition coefficient (Wildman–Crippen LogP) is 1.71. The van der Waals surface area contributed by atoms with Crippen LogP contribution < -0.4 is 4.90 Å². The summed E-state index contributed by atoms with van der Waals surface area (Å²) < 4.78 is 0. The van der Waals surface area contributed by atoms with Gasteiger partial charge in [-0.25, -0.2) is 0 Å². The summed E-state index contributed by atoms with van der Waals surface area (Å²) in [6, 6.07) is 5.86. The van der Waals surface area contributed by atoms with E-state index >= 15 is 0 Å². The van der Waals surface area contributed by atoms with Crippen LogP contribution in [0.2, 0.25) is 0 Å². The lowest BCUT2D eigenvalue weighted by Gasteiger charge is -2.21. The largest absolute Gasteiger partial charge is 0.481 e. The Kier molecular flexibility index (Phi) is 2.24. The fourth-order valence-electron chi connectivity index (χ4n) is 2.95. The molecule has 1 aromatic rings. The fraction of sp³-hybridized carbons (Fsp3) is 0.429. The highest BCUT2D eigenvalue weighted by Gasteiger charge is 2.48. The predicted molar refractivity (Wildman–Crippen MR) is 66.7 cm³/mol. The zero-order valence-electron chi connectivity index (χ0n) is 10.3. The molecule has 0 atom stereocenters. The molecule has 2 aliphatic rings. The summed E-state index contributed by atoms with van der Waals surface area (Å²) in [6.45, 7) is 0. The number of carbonyl (C=O) groups excluding carboxylic acids is 1. The van der Waals surface area contributed by atoms with E-state index in [1.807, 2.05) is 18.2 Å². The van der Waals surface area contributed by atoms with E-state index in [0.717, 1.165) is 29.7 Å². The molecule has 1 fully saturated rings. The molecule has 1 amide bonds. The number of carboxylic acid groups (broad SMARTS) is 1. The number of rotatable bonds is 3. The second-order valence-corrected chi connectivity index (χ2v) is 5.29. The fourth-order valence-corrected chi connectivity index (χ4v) is 2.95. The van der Waals surface area contributed by atoms with Gasteiger partial charge in [0.1, 0.15) is 0 Å². The zero-order chi connectivity index (χ0) is 12.9. The first kappa shape index (κ1) is 11.3. The van der Waals surface area contributed by atoms with Crippen LogP contribution in [0.4, 0.5) is 5.69 Å². The molecule has 0 aromatic heterocycles. The quantitative estimate of drug-likeness (QED) is 0.882. The Morgan fingerprint density at radius 3 is 2.78 bits per heavy atom. The van der Waals surface area contributed by atoms with E-state index in [9.17, 15) is 9.59 Å². The second kappa shape index (κ2) is 3.57. The van der Waals surface area contributed by atoms with Crippen LogP contribution in [0.3, 0.4) is 0 Å². The SMILES string of the molecule is CN1C(=O)Cc2cccc(C3(CC(=O)O)CC3)c21. The van der Waals surface area contributed by atoms with Crippen molar-refractivity contribution in [3.63, 3.8) is 0 Å². The Bertz CT molecular complexity index is 546. The highest BCUT2D eigenvalue weighted by atomic mass is 16.4. The van der Waals surface area contributed by atoms with Gasteiger partial charge < -0.3 is 10.0 Å². The van der Waals surface area contributed by atoms with Gasteiger partial charge in [-0.15, -0.1) is 0 Å². The molecule has 0 unspecified atom stereocenters. The number of carbonyl (C=O) groups is 2. The Hall–Kier alpha value is -1.84. The zero-order valence-corrected chi connectivity index (χ0v) is 10.3. The topological polar surface area (TPSA) is 57.6 Å². The van der Waals surface area contributed by atoms with Gasteiger partial charge in [-0.05, 0) is 24.0 Å². The molecule has 1 N–H and O–H groups in total. The van der Waals surface area contributed by atoms with Gasteiger partial charge in [0.15, 0.2) is 0 Å². The van der Waals surface area contributed by atoms with E-state index in [1.165, 1.54) is 0 Å². The molecule has 1 saturated carbocycles. The number of likely N-dealkylation sites (N-methyl/N-ethyl adjacent to an activating group) is 1. The smallest absolute Gasteiger partial charge is 0.304 e. The standard InChI is InChI=1S/C14H15NO3/c1-15-11(16)7-9-3-2-4-10(13(9)15)14(5-6-14)8-12(17)18/h2-4H,5-8H2,1H3,(H,17,18). The minimum absolute atomic E-state index is 0.0866. The molecule has 4 heteroatoms. The Balaban J connectivity index is 2.08. The normalized spacial score (nSPS) is 19.8. The monoisotopic (exact) mass is 245 g/mol. The first-order valence-corrected chi connectivity index (χ1v) is 6.14. The van der Waals surface area contributed by atoms with Crippen LogP contribution in [0.1, 0.15) is 30.4 Å². The summed E-state index contributed by atoms with van der Waals surface area (Å²) in [7, 11) is 1.77. The maximum atomic E-state index is 11.8. The van der Waals surface area contributed by atoms with Crippen molar-refractivity contribution in [2.45, 2.75) is 31.1 Å². The van der Waals surface area contributed by atoms with Crippen molar-refractivity contribution < 1.29 is 14.7 Å². The summed E-state index contributed by atoms with van der Waals surface area (Å²) >= 11 is 0. The molecule has 0 bridgehead atoms. The summed E-state index contributed by atoms with van der Waals surface area (Å²) in [5, 5.41) is 9.04. The van der Waals surface area contributed by atoms with Gasteiger partial charge in [0.2, 0.25) is 5.91 Å². The van der Waals surface area contributed by atoms with Gasteiger partial charge in [-0.2, -0.15) is 0 Å². The molecule has 3 rings (SSSR count). The lowest BCUT2D eigenvalue weighted by molar-refractivity contribution is -0.137. The lowest BCUT2D eigenvalue weighted by Crippen LogP contribution is -2.24. The molecule has 18 heavy (non-hydrogen) atoms. The average Bonchev–Trinajstić information content (AvgIpc) is 3.01. The van der Waals surface area contributed by atoms with Gasteiger partial charge >= 0.3 is 5.97 Å². The Morgan fingerprint density at radius 1 is 1.44 bits per heavy atom. The Morgan fingerprint density at radius 2 is 2.17 bits per heavy atom. The third-order valence-electron chi connectivity index (χ3n) is 4.09. The van der Waals surface area contributed by atoms with Crippen molar-refractivity contribution in [3.8, 4) is 0 Å². The molecule has 4 nitrogen and oxygen atoms in total. The van der Waals surface area contributed by atoms with Gasteiger partial charge in [-0.1, -0.05) is 18.2 Å². The molecule has 1 aliphatic heterocycles. The van der Waals surface area contributed by atoms with Crippen molar-refractivity contribution in [1.29, 1.82) is 0 Å². The molecular formula is C14H15NO3. The van der Waals surface area contributed by atoms with E-state index in [4.69, 9.17) is 5.11 Å². The van der Waals surface area contributed by atoms with E-state index in [-0.39, 0.29) is 17.7 Å². The van der Waals surface area contributed by atoms with Crippen molar-refractivity contribution in [3.05, 3.63) is 29.3 Å². The molecule has 0 radical (unpaired) electrons.